The van der Waals surface area contributed by atoms with E-state index in [1.165, 1.54) is 12.1 Å². The van der Waals surface area contributed by atoms with Crippen molar-refractivity contribution in [3.63, 3.8) is 0 Å². The van der Waals surface area contributed by atoms with E-state index in [0.29, 0.717) is 16.5 Å². The van der Waals surface area contributed by atoms with Crippen molar-refractivity contribution in [1.82, 2.24) is 0 Å². The predicted octanol–water partition coefficient (Wildman–Crippen LogP) is 1.82. The Balaban J connectivity index is 2.86. The first-order chi connectivity index (χ1) is 7.99. The Labute approximate surface area is 96.1 Å². The van der Waals surface area contributed by atoms with Gasteiger partial charge in [-0.1, -0.05) is 6.07 Å². The molecule has 5 heteroatoms. The van der Waals surface area contributed by atoms with Crippen molar-refractivity contribution in [3.8, 4) is 0 Å². The Morgan fingerprint density at radius 3 is 2.29 bits per heavy atom. The second-order valence-corrected chi connectivity index (χ2v) is 3.61. The third-order valence-corrected chi connectivity index (χ3v) is 2.46. The number of nitrogen functional groups attached to an aromatic ring is 1. The fourth-order valence-electron chi connectivity index (χ4n) is 1.68. The number of carbonyl (C=O) groups is 2. The van der Waals surface area contributed by atoms with Gasteiger partial charge in [0, 0.05) is 5.69 Å². The standard InChI is InChI=1S/C12H9NO4/c13-8-2-1-6-3-7(11(14)15)4-10(12(16)17)9(6)5-8/h1-5H,13H2,(H,14,15)(H,16,17). The van der Waals surface area contributed by atoms with Gasteiger partial charge in [-0.15, -0.1) is 0 Å². The zero-order chi connectivity index (χ0) is 12.6. The predicted molar refractivity (Wildman–Crippen MR) is 62.3 cm³/mol. The van der Waals surface area contributed by atoms with Gasteiger partial charge in [0.1, 0.15) is 0 Å². The van der Waals surface area contributed by atoms with Gasteiger partial charge in [0.15, 0.2) is 0 Å². The van der Waals surface area contributed by atoms with Crippen molar-refractivity contribution in [2.24, 2.45) is 0 Å². The Morgan fingerprint density at radius 2 is 1.71 bits per heavy atom. The van der Waals surface area contributed by atoms with Gasteiger partial charge in [-0.25, -0.2) is 9.59 Å². The first kappa shape index (κ1) is 10.9. The fourth-order valence-corrected chi connectivity index (χ4v) is 1.68. The number of rotatable bonds is 2. The third kappa shape index (κ3) is 1.90. The van der Waals surface area contributed by atoms with Gasteiger partial charge in [-0.2, -0.15) is 0 Å². The lowest BCUT2D eigenvalue weighted by atomic mass is 10.0. The van der Waals surface area contributed by atoms with E-state index in [1.807, 2.05) is 0 Å². The molecule has 0 spiro atoms. The summed E-state index contributed by atoms with van der Waals surface area (Å²) in [6.45, 7) is 0. The van der Waals surface area contributed by atoms with Crippen molar-refractivity contribution in [3.05, 3.63) is 41.5 Å². The minimum atomic E-state index is -1.18. The second kappa shape index (κ2) is 3.79. The molecule has 5 nitrogen and oxygen atoms in total. The molecule has 0 heterocycles. The molecule has 4 N–H and O–H groups in total. The second-order valence-electron chi connectivity index (χ2n) is 3.61. The lowest BCUT2D eigenvalue weighted by molar-refractivity contribution is 0.0696. The first-order valence-electron chi connectivity index (χ1n) is 4.79. The SMILES string of the molecule is Nc1ccc2cc(C(=O)O)cc(C(=O)O)c2c1. The topological polar surface area (TPSA) is 101 Å². The van der Waals surface area contributed by atoms with Crippen LogP contribution in [-0.2, 0) is 0 Å². The molecule has 0 aliphatic heterocycles. The summed E-state index contributed by atoms with van der Waals surface area (Å²) in [5.41, 5.74) is 5.90. The fraction of sp³-hybridized carbons (Fsp3) is 0. The van der Waals surface area contributed by atoms with Crippen LogP contribution in [0.4, 0.5) is 5.69 Å². The van der Waals surface area contributed by atoms with Crippen LogP contribution in [0.3, 0.4) is 0 Å². The molecule has 17 heavy (non-hydrogen) atoms. The van der Waals surface area contributed by atoms with Crippen molar-refractivity contribution in [1.29, 1.82) is 0 Å². The Bertz CT molecular complexity index is 634. The number of nitrogens with two attached hydrogens (primary N) is 1. The summed E-state index contributed by atoms with van der Waals surface area (Å²) in [5.74, 6) is -2.34. The van der Waals surface area contributed by atoms with E-state index in [4.69, 9.17) is 15.9 Å². The van der Waals surface area contributed by atoms with Gasteiger partial charge < -0.3 is 15.9 Å². The molecule has 0 saturated carbocycles. The molecule has 0 bridgehead atoms. The molecule has 2 aromatic rings. The van der Waals surface area contributed by atoms with Crippen molar-refractivity contribution >= 4 is 28.4 Å². The highest BCUT2D eigenvalue weighted by Gasteiger charge is 2.13. The molecule has 0 aliphatic rings. The van der Waals surface area contributed by atoms with E-state index in [9.17, 15) is 9.59 Å². The van der Waals surface area contributed by atoms with Gasteiger partial charge in [-0.05, 0) is 35.0 Å². The maximum absolute atomic E-state index is 11.1. The quantitative estimate of drug-likeness (QED) is 0.684. The molecule has 0 unspecified atom stereocenters. The number of anilines is 1. The summed E-state index contributed by atoms with van der Waals surface area (Å²) < 4.78 is 0. The zero-order valence-corrected chi connectivity index (χ0v) is 8.68. The maximum Gasteiger partial charge on any atom is 0.336 e. The largest absolute Gasteiger partial charge is 0.478 e. The number of benzene rings is 2. The van der Waals surface area contributed by atoms with Gasteiger partial charge in [0.25, 0.3) is 0 Å². The molecule has 0 aliphatic carbocycles. The molecule has 0 atom stereocenters. The number of aromatic carboxylic acids is 2. The van der Waals surface area contributed by atoms with Gasteiger partial charge in [0.2, 0.25) is 0 Å². The number of carboxylic acids is 2. The highest BCUT2D eigenvalue weighted by Crippen LogP contribution is 2.23. The van der Waals surface area contributed by atoms with E-state index in [0.717, 1.165) is 6.07 Å². The minimum absolute atomic E-state index is 0.0559. The number of carboxylic acid groups (broad SMARTS) is 2. The summed E-state index contributed by atoms with van der Waals surface area (Å²) in [7, 11) is 0. The van der Waals surface area contributed by atoms with Crippen molar-refractivity contribution in [2.45, 2.75) is 0 Å². The Hall–Kier alpha value is -2.56. The monoisotopic (exact) mass is 231 g/mol. The van der Waals surface area contributed by atoms with Crippen LogP contribution in [0.1, 0.15) is 20.7 Å². The third-order valence-electron chi connectivity index (χ3n) is 2.46. The smallest absolute Gasteiger partial charge is 0.336 e. The van der Waals surface area contributed by atoms with Crippen LogP contribution in [0.25, 0.3) is 10.8 Å². The maximum atomic E-state index is 11.1. The highest BCUT2D eigenvalue weighted by molar-refractivity contribution is 6.07. The molecule has 0 aromatic heterocycles. The molecular weight excluding hydrogens is 222 g/mol. The van der Waals surface area contributed by atoms with E-state index in [-0.39, 0.29) is 11.1 Å². The highest BCUT2D eigenvalue weighted by atomic mass is 16.4. The van der Waals surface area contributed by atoms with Crippen LogP contribution in [0.15, 0.2) is 30.3 Å². The van der Waals surface area contributed by atoms with E-state index in [1.54, 1.807) is 12.1 Å². The lowest BCUT2D eigenvalue weighted by Gasteiger charge is -2.05. The molecule has 0 amide bonds. The van der Waals surface area contributed by atoms with Gasteiger partial charge in [-0.3, -0.25) is 0 Å². The van der Waals surface area contributed by atoms with Gasteiger partial charge in [0.05, 0.1) is 11.1 Å². The van der Waals surface area contributed by atoms with Crippen LogP contribution < -0.4 is 5.73 Å². The van der Waals surface area contributed by atoms with Crippen LogP contribution in [0, 0.1) is 0 Å². The molecule has 2 aromatic carbocycles. The van der Waals surface area contributed by atoms with E-state index in [2.05, 4.69) is 0 Å². The summed E-state index contributed by atoms with van der Waals surface area (Å²) >= 11 is 0. The molecule has 2 rings (SSSR count). The molecule has 86 valence electrons. The van der Waals surface area contributed by atoms with Crippen LogP contribution in [-0.4, -0.2) is 22.2 Å². The lowest BCUT2D eigenvalue weighted by Crippen LogP contribution is -2.03. The first-order valence-corrected chi connectivity index (χ1v) is 4.79. The molecule has 0 radical (unpaired) electrons. The number of fused-ring (bicyclic) bond motifs is 1. The minimum Gasteiger partial charge on any atom is -0.478 e. The van der Waals surface area contributed by atoms with E-state index < -0.39 is 11.9 Å². The van der Waals surface area contributed by atoms with Gasteiger partial charge >= 0.3 is 11.9 Å². The summed E-state index contributed by atoms with van der Waals surface area (Å²) in [6.07, 6.45) is 0. The Morgan fingerprint density at radius 1 is 1.00 bits per heavy atom. The van der Waals surface area contributed by atoms with Crippen LogP contribution in [0.5, 0.6) is 0 Å². The normalized spacial score (nSPS) is 10.4. The average molecular weight is 231 g/mol. The molecule has 0 fully saturated rings. The summed E-state index contributed by atoms with van der Waals surface area (Å²) in [4.78, 5) is 21.9. The summed E-state index contributed by atoms with van der Waals surface area (Å²) in [6, 6.07) is 7.27. The number of hydrogen-bond acceptors (Lipinski definition) is 3. The average Bonchev–Trinajstić information content (AvgIpc) is 2.27. The van der Waals surface area contributed by atoms with Crippen molar-refractivity contribution < 1.29 is 19.8 Å². The van der Waals surface area contributed by atoms with E-state index >= 15 is 0 Å². The van der Waals surface area contributed by atoms with Crippen molar-refractivity contribution in [2.75, 3.05) is 5.73 Å². The molecular formula is C12H9NO4. The number of hydrogen-bond donors (Lipinski definition) is 3. The molecule has 0 saturated heterocycles. The zero-order valence-electron chi connectivity index (χ0n) is 8.68. The summed E-state index contributed by atoms with van der Waals surface area (Å²) in [5, 5.41) is 18.9. The van der Waals surface area contributed by atoms with Crippen LogP contribution in [0.2, 0.25) is 0 Å². The van der Waals surface area contributed by atoms with Crippen LogP contribution >= 0.6 is 0 Å². The Kier molecular flexibility index (Phi) is 2.44.